The Balaban J connectivity index is 3.33. The Kier molecular flexibility index (Phi) is 4.22. The molecule has 0 spiro atoms. The number of hydrogen-bond acceptors (Lipinski definition) is 2. The maximum absolute atomic E-state index is 10.5. The summed E-state index contributed by atoms with van der Waals surface area (Å²) in [4.78, 5) is 10.5. The molecule has 0 aromatic carbocycles. The highest BCUT2D eigenvalue weighted by molar-refractivity contribution is 14.1. The quantitative estimate of drug-likeness (QED) is 0.405. The van der Waals surface area contributed by atoms with Crippen molar-refractivity contribution in [3.05, 3.63) is 0 Å². The van der Waals surface area contributed by atoms with E-state index in [0.29, 0.717) is 6.61 Å². The lowest BCUT2D eigenvalue weighted by Gasteiger charge is -2.00. The molecule has 0 aliphatic carbocycles. The van der Waals surface area contributed by atoms with Crippen LogP contribution in [-0.2, 0) is 9.53 Å². The van der Waals surface area contributed by atoms with Gasteiger partial charge < -0.3 is 4.74 Å². The predicted molar refractivity (Wildman–Crippen MR) is 40.1 cm³/mol. The summed E-state index contributed by atoms with van der Waals surface area (Å²) in [5.74, 6) is -0.131. The Morgan fingerprint density at radius 2 is 2.38 bits per heavy atom. The third-order valence-electron chi connectivity index (χ3n) is 0.611. The molecule has 0 rings (SSSR count). The van der Waals surface area contributed by atoms with Gasteiger partial charge >= 0.3 is 5.97 Å². The molecule has 0 saturated heterocycles. The van der Waals surface area contributed by atoms with Crippen LogP contribution in [0.25, 0.3) is 0 Å². The predicted octanol–water partition coefficient (Wildman–Crippen LogP) is 1.37. The van der Waals surface area contributed by atoms with Crippen molar-refractivity contribution in [2.75, 3.05) is 6.61 Å². The summed E-state index contributed by atoms with van der Waals surface area (Å²) < 4.78 is 4.64. The summed E-state index contributed by atoms with van der Waals surface area (Å²) in [5.41, 5.74) is 0. The minimum Gasteiger partial charge on any atom is -0.465 e. The van der Waals surface area contributed by atoms with Crippen LogP contribution in [0.4, 0.5) is 0 Å². The first-order valence-corrected chi connectivity index (χ1v) is 3.73. The third-order valence-corrected chi connectivity index (χ3v) is 1.12. The second-order valence-electron chi connectivity index (χ2n) is 1.37. The summed E-state index contributed by atoms with van der Waals surface area (Å²) in [7, 11) is 0. The van der Waals surface area contributed by atoms with Crippen molar-refractivity contribution in [2.24, 2.45) is 0 Å². The fourth-order valence-electron chi connectivity index (χ4n) is 0.257. The van der Waals surface area contributed by atoms with Crippen LogP contribution in [0.5, 0.6) is 0 Å². The van der Waals surface area contributed by atoms with E-state index in [1.54, 1.807) is 13.8 Å². The van der Waals surface area contributed by atoms with Crippen LogP contribution in [-0.4, -0.2) is 16.5 Å². The number of carbonyl (C=O) groups is 1. The van der Waals surface area contributed by atoms with Gasteiger partial charge in [0.25, 0.3) is 0 Å². The third kappa shape index (κ3) is 3.23. The maximum Gasteiger partial charge on any atom is 0.318 e. The van der Waals surface area contributed by atoms with Crippen molar-refractivity contribution >= 4 is 28.6 Å². The van der Waals surface area contributed by atoms with Crippen molar-refractivity contribution in [3.8, 4) is 0 Å². The minimum atomic E-state index is -0.131. The zero-order valence-corrected chi connectivity index (χ0v) is 7.14. The first-order valence-electron chi connectivity index (χ1n) is 2.49. The molecular formula is C5H9IO2. The smallest absolute Gasteiger partial charge is 0.318 e. The number of ether oxygens (including phenoxy) is 1. The van der Waals surface area contributed by atoms with Crippen LogP contribution in [0.3, 0.4) is 0 Å². The van der Waals surface area contributed by atoms with Gasteiger partial charge in [0.05, 0.1) is 6.61 Å². The van der Waals surface area contributed by atoms with Crippen molar-refractivity contribution in [1.29, 1.82) is 0 Å². The molecule has 0 unspecified atom stereocenters. The number of hydrogen-bond donors (Lipinski definition) is 0. The molecule has 0 radical (unpaired) electrons. The van der Waals surface area contributed by atoms with Gasteiger partial charge in [-0.25, -0.2) is 0 Å². The van der Waals surface area contributed by atoms with Crippen molar-refractivity contribution in [2.45, 2.75) is 17.8 Å². The molecule has 0 bridgehead atoms. The van der Waals surface area contributed by atoms with Crippen LogP contribution < -0.4 is 0 Å². The molecule has 0 aromatic rings. The van der Waals surface area contributed by atoms with Crippen molar-refractivity contribution < 1.29 is 9.53 Å². The molecule has 8 heavy (non-hydrogen) atoms. The average molecular weight is 228 g/mol. The van der Waals surface area contributed by atoms with Crippen molar-refractivity contribution in [1.82, 2.24) is 0 Å². The largest absolute Gasteiger partial charge is 0.465 e. The summed E-state index contributed by atoms with van der Waals surface area (Å²) in [5, 5.41) is 0. The van der Waals surface area contributed by atoms with Gasteiger partial charge in [-0.3, -0.25) is 4.79 Å². The summed E-state index contributed by atoms with van der Waals surface area (Å²) >= 11 is 2.02. The lowest BCUT2D eigenvalue weighted by atomic mass is 10.5. The van der Waals surface area contributed by atoms with E-state index in [2.05, 4.69) is 4.74 Å². The summed E-state index contributed by atoms with van der Waals surface area (Å²) in [6, 6.07) is 0. The van der Waals surface area contributed by atoms with Gasteiger partial charge in [0, 0.05) is 0 Å². The Morgan fingerprint density at radius 3 is 2.50 bits per heavy atom. The Hall–Kier alpha value is 0.200. The number of esters is 1. The van der Waals surface area contributed by atoms with Crippen LogP contribution in [0.15, 0.2) is 0 Å². The first kappa shape index (κ1) is 8.20. The maximum atomic E-state index is 10.5. The van der Waals surface area contributed by atoms with Crippen LogP contribution in [0.2, 0.25) is 0 Å². The first-order chi connectivity index (χ1) is 3.68. The van der Waals surface area contributed by atoms with E-state index >= 15 is 0 Å². The van der Waals surface area contributed by atoms with Gasteiger partial charge in [-0.05, 0) is 13.8 Å². The highest BCUT2D eigenvalue weighted by atomic mass is 127. The molecule has 3 heteroatoms. The van der Waals surface area contributed by atoms with E-state index < -0.39 is 0 Å². The standard InChI is InChI=1S/C5H9IO2/c1-3-8-5(7)4(2)6/h4H,3H2,1-2H3/t4-/m1/s1. The van der Waals surface area contributed by atoms with E-state index in [0.717, 1.165) is 0 Å². The van der Waals surface area contributed by atoms with Gasteiger partial charge in [0.15, 0.2) is 0 Å². The lowest BCUT2D eigenvalue weighted by molar-refractivity contribution is -0.141. The van der Waals surface area contributed by atoms with Crippen molar-refractivity contribution in [3.63, 3.8) is 0 Å². The fourth-order valence-corrected chi connectivity index (χ4v) is 0.437. The van der Waals surface area contributed by atoms with E-state index in [-0.39, 0.29) is 9.89 Å². The number of carbonyl (C=O) groups excluding carboxylic acids is 1. The van der Waals surface area contributed by atoms with Crippen LogP contribution >= 0.6 is 22.6 Å². The molecule has 1 atom stereocenters. The molecule has 0 N–H and O–H groups in total. The monoisotopic (exact) mass is 228 g/mol. The number of alkyl halides is 1. The number of rotatable bonds is 2. The summed E-state index contributed by atoms with van der Waals surface area (Å²) in [6.45, 7) is 4.08. The lowest BCUT2D eigenvalue weighted by Crippen LogP contribution is -2.12. The Bertz CT molecular complexity index is 80.5. The molecule has 2 nitrogen and oxygen atoms in total. The topological polar surface area (TPSA) is 26.3 Å². The summed E-state index contributed by atoms with van der Waals surface area (Å²) in [6.07, 6.45) is 0. The molecule has 0 aromatic heterocycles. The van der Waals surface area contributed by atoms with Gasteiger partial charge in [-0.1, -0.05) is 22.6 Å². The highest BCUT2D eigenvalue weighted by Crippen LogP contribution is 1.99. The fraction of sp³-hybridized carbons (Fsp3) is 0.800. The molecule has 0 aliphatic heterocycles. The van der Waals surface area contributed by atoms with Gasteiger partial charge in [-0.15, -0.1) is 0 Å². The minimum absolute atomic E-state index is 0.0208. The SMILES string of the molecule is CCOC(=O)[C@@H](C)I. The highest BCUT2D eigenvalue weighted by Gasteiger charge is 2.06. The van der Waals surface area contributed by atoms with Crippen LogP contribution in [0.1, 0.15) is 13.8 Å². The second-order valence-corrected chi connectivity index (χ2v) is 3.24. The van der Waals surface area contributed by atoms with Gasteiger partial charge in [0.1, 0.15) is 3.92 Å². The van der Waals surface area contributed by atoms with E-state index in [1.165, 1.54) is 0 Å². The van der Waals surface area contributed by atoms with Gasteiger partial charge in [0.2, 0.25) is 0 Å². The number of halogens is 1. The van der Waals surface area contributed by atoms with E-state index in [9.17, 15) is 4.79 Å². The normalized spacial score (nSPS) is 12.9. The Morgan fingerprint density at radius 1 is 1.88 bits per heavy atom. The zero-order chi connectivity index (χ0) is 6.57. The molecule has 0 fully saturated rings. The average Bonchev–Trinajstić information content (AvgIpc) is 1.67. The van der Waals surface area contributed by atoms with E-state index in [1.807, 2.05) is 22.6 Å². The molecule has 48 valence electrons. The molecular weight excluding hydrogens is 219 g/mol. The second kappa shape index (κ2) is 4.12. The van der Waals surface area contributed by atoms with E-state index in [4.69, 9.17) is 0 Å². The zero-order valence-electron chi connectivity index (χ0n) is 4.98. The molecule has 0 saturated carbocycles. The molecule has 0 heterocycles. The Labute approximate surface area is 62.7 Å². The molecule has 0 aliphatic rings. The van der Waals surface area contributed by atoms with Gasteiger partial charge in [-0.2, -0.15) is 0 Å². The van der Waals surface area contributed by atoms with Crippen LogP contribution in [0, 0.1) is 0 Å². The molecule has 0 amide bonds.